The molecular formula is C20H28N4O4S. The molecule has 3 N–H and O–H groups in total. The summed E-state index contributed by atoms with van der Waals surface area (Å²) in [7, 11) is -2.04. The van der Waals surface area contributed by atoms with Gasteiger partial charge in [0.1, 0.15) is 0 Å². The van der Waals surface area contributed by atoms with E-state index in [-0.39, 0.29) is 35.7 Å². The first-order chi connectivity index (χ1) is 13.4. The lowest BCUT2D eigenvalue weighted by molar-refractivity contribution is -0.122. The van der Waals surface area contributed by atoms with E-state index in [0.717, 1.165) is 17.1 Å². The SMILES string of the molecule is Cc1cc(C(=O)CN(C)CC(=O)NC(C)C)c(C)n1-c1ccc(S(N)(=O)=O)cc1. The maximum atomic E-state index is 12.8. The molecule has 0 spiro atoms. The fraction of sp³-hybridized carbons (Fsp3) is 0.400. The quantitative estimate of drug-likeness (QED) is 0.626. The third kappa shape index (κ3) is 5.75. The van der Waals surface area contributed by atoms with E-state index >= 15 is 0 Å². The lowest BCUT2D eigenvalue weighted by Gasteiger charge is -2.17. The van der Waals surface area contributed by atoms with Gasteiger partial charge < -0.3 is 9.88 Å². The first kappa shape index (κ1) is 22.8. The van der Waals surface area contributed by atoms with Gasteiger partial charge in [0, 0.05) is 28.7 Å². The van der Waals surface area contributed by atoms with E-state index in [1.807, 2.05) is 32.3 Å². The molecule has 2 rings (SSSR count). The highest BCUT2D eigenvalue weighted by atomic mass is 32.2. The highest BCUT2D eigenvalue weighted by Crippen LogP contribution is 2.22. The molecule has 29 heavy (non-hydrogen) atoms. The van der Waals surface area contributed by atoms with Crippen LogP contribution in [0.5, 0.6) is 0 Å². The highest BCUT2D eigenvalue weighted by molar-refractivity contribution is 7.89. The molecule has 0 aliphatic carbocycles. The maximum Gasteiger partial charge on any atom is 0.238 e. The molecule has 1 aromatic carbocycles. The van der Waals surface area contributed by atoms with E-state index in [0.29, 0.717) is 5.56 Å². The predicted molar refractivity (Wildman–Crippen MR) is 112 cm³/mol. The molecule has 0 saturated carbocycles. The fourth-order valence-electron chi connectivity index (χ4n) is 3.23. The second-order valence-corrected chi connectivity index (χ2v) is 9.04. The number of nitrogens with zero attached hydrogens (tertiary/aromatic N) is 2. The molecule has 1 amide bonds. The molecular weight excluding hydrogens is 392 g/mol. The number of Topliss-reactive ketones (excluding diaryl/α,β-unsaturated/α-hetero) is 1. The topological polar surface area (TPSA) is 114 Å². The molecule has 9 heteroatoms. The van der Waals surface area contributed by atoms with Crippen molar-refractivity contribution in [3.8, 4) is 5.69 Å². The Morgan fingerprint density at radius 2 is 1.72 bits per heavy atom. The Kier molecular flexibility index (Phi) is 6.99. The summed E-state index contributed by atoms with van der Waals surface area (Å²) < 4.78 is 24.8. The van der Waals surface area contributed by atoms with Gasteiger partial charge in [-0.2, -0.15) is 0 Å². The van der Waals surface area contributed by atoms with Crippen molar-refractivity contribution >= 4 is 21.7 Å². The highest BCUT2D eigenvalue weighted by Gasteiger charge is 2.19. The molecule has 1 aromatic heterocycles. The molecule has 0 atom stereocenters. The number of hydrogen-bond acceptors (Lipinski definition) is 5. The number of carbonyl (C=O) groups is 2. The molecule has 2 aromatic rings. The number of rotatable bonds is 8. The second-order valence-electron chi connectivity index (χ2n) is 7.48. The van der Waals surface area contributed by atoms with Crippen LogP contribution in [0.1, 0.15) is 35.6 Å². The Balaban J connectivity index is 2.20. The van der Waals surface area contributed by atoms with Crippen LogP contribution in [-0.4, -0.2) is 55.8 Å². The van der Waals surface area contributed by atoms with Gasteiger partial charge in [0.05, 0.1) is 18.0 Å². The van der Waals surface area contributed by atoms with E-state index in [9.17, 15) is 18.0 Å². The van der Waals surface area contributed by atoms with Gasteiger partial charge in [-0.1, -0.05) is 0 Å². The van der Waals surface area contributed by atoms with Gasteiger partial charge in [0.15, 0.2) is 5.78 Å². The first-order valence-electron chi connectivity index (χ1n) is 9.23. The lowest BCUT2D eigenvalue weighted by Crippen LogP contribution is -2.40. The smallest absolute Gasteiger partial charge is 0.238 e. The summed E-state index contributed by atoms with van der Waals surface area (Å²) in [5.74, 6) is -0.221. The Morgan fingerprint density at radius 1 is 1.14 bits per heavy atom. The monoisotopic (exact) mass is 420 g/mol. The van der Waals surface area contributed by atoms with Gasteiger partial charge in [0.25, 0.3) is 0 Å². The average Bonchev–Trinajstić information content (AvgIpc) is 2.87. The molecule has 0 bridgehead atoms. The first-order valence-corrected chi connectivity index (χ1v) is 10.8. The van der Waals surface area contributed by atoms with Crippen LogP contribution >= 0.6 is 0 Å². The van der Waals surface area contributed by atoms with Crippen LogP contribution in [0, 0.1) is 13.8 Å². The van der Waals surface area contributed by atoms with Crippen LogP contribution in [-0.2, 0) is 14.8 Å². The molecule has 158 valence electrons. The summed E-state index contributed by atoms with van der Waals surface area (Å²) in [5.41, 5.74) is 2.88. The summed E-state index contributed by atoms with van der Waals surface area (Å²) in [5, 5.41) is 7.94. The molecule has 0 radical (unpaired) electrons. The Morgan fingerprint density at radius 3 is 2.24 bits per heavy atom. The van der Waals surface area contributed by atoms with Crippen molar-refractivity contribution < 1.29 is 18.0 Å². The minimum absolute atomic E-state index is 0.0290. The van der Waals surface area contributed by atoms with Gasteiger partial charge in [-0.15, -0.1) is 0 Å². The molecule has 0 fully saturated rings. The third-order valence-corrected chi connectivity index (χ3v) is 5.36. The summed E-state index contributed by atoms with van der Waals surface area (Å²) in [6, 6.07) is 8.02. The van der Waals surface area contributed by atoms with Crippen LogP contribution in [0.2, 0.25) is 0 Å². The number of primary sulfonamides is 1. The minimum Gasteiger partial charge on any atom is -0.353 e. The normalized spacial score (nSPS) is 11.9. The molecule has 0 saturated heterocycles. The summed E-state index contributed by atoms with van der Waals surface area (Å²) in [4.78, 5) is 26.4. The summed E-state index contributed by atoms with van der Waals surface area (Å²) in [6.07, 6.45) is 0. The largest absolute Gasteiger partial charge is 0.353 e. The number of ketones is 1. The Hall–Kier alpha value is -2.49. The predicted octanol–water partition coefficient (Wildman–Crippen LogP) is 1.38. The van der Waals surface area contributed by atoms with Gasteiger partial charge >= 0.3 is 0 Å². The number of aryl methyl sites for hydroxylation is 1. The number of amides is 1. The third-order valence-electron chi connectivity index (χ3n) is 4.43. The number of likely N-dealkylation sites (N-methyl/N-ethyl adjacent to an activating group) is 1. The van der Waals surface area contributed by atoms with Crippen molar-refractivity contribution in [3.05, 3.63) is 47.3 Å². The summed E-state index contributed by atoms with van der Waals surface area (Å²) in [6.45, 7) is 7.72. The van der Waals surface area contributed by atoms with Crippen molar-refractivity contribution in [2.24, 2.45) is 5.14 Å². The number of nitrogens with two attached hydrogens (primary N) is 1. The standard InChI is InChI=1S/C20H28N4O4S/c1-13(2)22-20(26)12-23(5)11-19(25)18-10-14(3)24(15(18)4)16-6-8-17(9-7-16)29(21,27)28/h6-10,13H,11-12H2,1-5H3,(H,22,26)(H2,21,27,28). The molecule has 8 nitrogen and oxygen atoms in total. The van der Waals surface area contributed by atoms with E-state index in [4.69, 9.17) is 5.14 Å². The number of sulfonamides is 1. The van der Waals surface area contributed by atoms with E-state index in [2.05, 4.69) is 5.32 Å². The lowest BCUT2D eigenvalue weighted by atomic mass is 10.1. The Bertz CT molecular complexity index is 1010. The van der Waals surface area contributed by atoms with Crippen LogP contribution in [0.15, 0.2) is 35.2 Å². The van der Waals surface area contributed by atoms with E-state index in [1.54, 1.807) is 30.1 Å². The van der Waals surface area contributed by atoms with Gasteiger partial charge in [-0.3, -0.25) is 14.5 Å². The zero-order chi connectivity index (χ0) is 21.9. The summed E-state index contributed by atoms with van der Waals surface area (Å²) >= 11 is 0. The van der Waals surface area contributed by atoms with Gasteiger partial charge in [-0.05, 0) is 65.1 Å². The Labute approximate surface area is 171 Å². The van der Waals surface area contributed by atoms with Crippen molar-refractivity contribution in [1.82, 2.24) is 14.8 Å². The number of carbonyl (C=O) groups excluding carboxylic acids is 2. The van der Waals surface area contributed by atoms with Crippen molar-refractivity contribution in [3.63, 3.8) is 0 Å². The zero-order valence-electron chi connectivity index (χ0n) is 17.4. The van der Waals surface area contributed by atoms with Crippen LogP contribution in [0.25, 0.3) is 5.69 Å². The molecule has 0 aliphatic heterocycles. The van der Waals surface area contributed by atoms with Crippen LogP contribution in [0.4, 0.5) is 0 Å². The number of nitrogens with one attached hydrogen (secondary N) is 1. The van der Waals surface area contributed by atoms with Crippen molar-refractivity contribution in [1.29, 1.82) is 0 Å². The van der Waals surface area contributed by atoms with E-state index < -0.39 is 10.0 Å². The molecule has 0 unspecified atom stereocenters. The zero-order valence-corrected chi connectivity index (χ0v) is 18.2. The van der Waals surface area contributed by atoms with Gasteiger partial charge in [-0.25, -0.2) is 13.6 Å². The van der Waals surface area contributed by atoms with Crippen LogP contribution in [0.3, 0.4) is 0 Å². The minimum atomic E-state index is -3.76. The van der Waals surface area contributed by atoms with Crippen LogP contribution < -0.4 is 10.5 Å². The molecule has 0 aliphatic rings. The number of aromatic nitrogens is 1. The number of hydrogen-bond donors (Lipinski definition) is 2. The average molecular weight is 421 g/mol. The molecule has 1 heterocycles. The number of benzene rings is 1. The fourth-order valence-corrected chi connectivity index (χ4v) is 3.74. The second kappa shape index (κ2) is 8.89. The maximum absolute atomic E-state index is 12.8. The van der Waals surface area contributed by atoms with Crippen molar-refractivity contribution in [2.75, 3.05) is 20.1 Å². The van der Waals surface area contributed by atoms with Gasteiger partial charge in [0.2, 0.25) is 15.9 Å². The van der Waals surface area contributed by atoms with Crippen molar-refractivity contribution in [2.45, 2.75) is 38.6 Å². The van der Waals surface area contributed by atoms with E-state index in [1.165, 1.54) is 12.1 Å².